The van der Waals surface area contributed by atoms with Crippen molar-refractivity contribution in [2.24, 2.45) is 17.1 Å². The van der Waals surface area contributed by atoms with Gasteiger partial charge in [0.15, 0.2) is 0 Å². The van der Waals surface area contributed by atoms with Crippen LogP contribution in [0.4, 0.5) is 0 Å². The Kier molecular flexibility index (Phi) is 3.52. The van der Waals surface area contributed by atoms with Gasteiger partial charge in [-0.1, -0.05) is 25.8 Å². The third-order valence-corrected chi connectivity index (χ3v) is 4.92. The van der Waals surface area contributed by atoms with Gasteiger partial charge in [0.25, 0.3) is 0 Å². The Morgan fingerprint density at radius 3 is 2.85 bits per heavy atom. The first-order valence-electron chi connectivity index (χ1n) is 7.46. The largest absolute Gasteiger partial charge is 0.386 e. The van der Waals surface area contributed by atoms with E-state index in [1.807, 2.05) is 35.0 Å². The highest BCUT2D eigenvalue weighted by molar-refractivity contribution is 5.40. The maximum atomic E-state index is 10.8. The lowest BCUT2D eigenvalue weighted by Gasteiger charge is -2.41. The molecule has 1 aliphatic rings. The topological polar surface area (TPSA) is 63.5 Å². The number of pyridine rings is 1. The van der Waals surface area contributed by atoms with Gasteiger partial charge in [0.05, 0.1) is 5.69 Å². The zero-order valence-corrected chi connectivity index (χ0v) is 12.0. The summed E-state index contributed by atoms with van der Waals surface area (Å²) < 4.78 is 1.95. The zero-order chi connectivity index (χ0) is 14.2. The van der Waals surface area contributed by atoms with Crippen molar-refractivity contribution in [3.8, 4) is 0 Å². The summed E-state index contributed by atoms with van der Waals surface area (Å²) in [5.74, 6) is 0.739. The molecule has 4 nitrogen and oxygen atoms in total. The number of imidazole rings is 1. The molecule has 3 rings (SSSR count). The van der Waals surface area contributed by atoms with Crippen molar-refractivity contribution in [1.82, 2.24) is 9.38 Å². The maximum Gasteiger partial charge on any atom is 0.137 e. The third-order valence-electron chi connectivity index (χ3n) is 4.92. The fourth-order valence-electron chi connectivity index (χ4n) is 3.33. The minimum atomic E-state index is -0.570. The molecular formula is C16H23N3O. The van der Waals surface area contributed by atoms with Crippen LogP contribution in [0.2, 0.25) is 0 Å². The van der Waals surface area contributed by atoms with Gasteiger partial charge in [-0.3, -0.25) is 0 Å². The molecule has 0 saturated heterocycles. The first-order valence-corrected chi connectivity index (χ1v) is 7.46. The van der Waals surface area contributed by atoms with Gasteiger partial charge in [-0.25, -0.2) is 4.98 Å². The lowest BCUT2D eigenvalue weighted by molar-refractivity contribution is -0.0105. The van der Waals surface area contributed by atoms with Gasteiger partial charge in [0, 0.05) is 24.4 Å². The smallest absolute Gasteiger partial charge is 0.137 e. The molecule has 1 aliphatic carbocycles. The van der Waals surface area contributed by atoms with Gasteiger partial charge in [-0.15, -0.1) is 0 Å². The van der Waals surface area contributed by atoms with Gasteiger partial charge in [0.1, 0.15) is 11.8 Å². The quantitative estimate of drug-likeness (QED) is 0.903. The van der Waals surface area contributed by atoms with Gasteiger partial charge >= 0.3 is 0 Å². The summed E-state index contributed by atoms with van der Waals surface area (Å²) >= 11 is 0. The van der Waals surface area contributed by atoms with E-state index in [4.69, 9.17) is 5.73 Å². The van der Waals surface area contributed by atoms with Gasteiger partial charge in [0.2, 0.25) is 0 Å². The number of hydrogen-bond donors (Lipinski definition) is 2. The fraction of sp³-hybridized carbons (Fsp3) is 0.562. The van der Waals surface area contributed by atoms with Crippen LogP contribution in [0.25, 0.3) is 5.65 Å². The van der Waals surface area contributed by atoms with Crippen molar-refractivity contribution in [2.75, 3.05) is 6.54 Å². The van der Waals surface area contributed by atoms with Crippen molar-refractivity contribution in [1.29, 1.82) is 0 Å². The zero-order valence-electron chi connectivity index (χ0n) is 12.0. The van der Waals surface area contributed by atoms with Crippen molar-refractivity contribution >= 4 is 5.65 Å². The van der Waals surface area contributed by atoms with Gasteiger partial charge < -0.3 is 15.2 Å². The minimum absolute atomic E-state index is 0.204. The summed E-state index contributed by atoms with van der Waals surface area (Å²) in [7, 11) is 0. The van der Waals surface area contributed by atoms with Crippen LogP contribution in [0.15, 0.2) is 30.6 Å². The number of nitrogens with zero attached hydrogens (tertiary/aromatic N) is 2. The molecule has 0 radical (unpaired) electrons. The lowest BCUT2D eigenvalue weighted by Crippen LogP contribution is -2.40. The molecule has 0 amide bonds. The Morgan fingerprint density at radius 2 is 2.20 bits per heavy atom. The Balaban J connectivity index is 1.91. The normalized spacial score (nSPS) is 28.6. The summed E-state index contributed by atoms with van der Waals surface area (Å²) in [6.45, 7) is 2.80. The SMILES string of the molecule is CC1CCC(CN)(C(O)c2cn3ccccc3n2)CC1. The lowest BCUT2D eigenvalue weighted by atomic mass is 9.67. The predicted octanol–water partition coefficient (Wildman–Crippen LogP) is 2.52. The second-order valence-corrected chi connectivity index (χ2v) is 6.28. The summed E-state index contributed by atoms with van der Waals surface area (Å²) in [6, 6.07) is 5.87. The van der Waals surface area contributed by atoms with Crippen molar-refractivity contribution in [3.05, 3.63) is 36.3 Å². The van der Waals surface area contributed by atoms with Crippen LogP contribution < -0.4 is 5.73 Å². The van der Waals surface area contributed by atoms with Crippen molar-refractivity contribution < 1.29 is 5.11 Å². The Bertz CT molecular complexity index is 551. The summed E-state index contributed by atoms with van der Waals surface area (Å²) in [6.07, 6.45) is 7.56. The maximum absolute atomic E-state index is 10.8. The molecule has 0 bridgehead atoms. The minimum Gasteiger partial charge on any atom is -0.386 e. The van der Waals surface area contributed by atoms with E-state index in [0.717, 1.165) is 42.9 Å². The summed E-state index contributed by atoms with van der Waals surface area (Å²) in [5.41, 5.74) is 7.44. The number of rotatable bonds is 3. The monoisotopic (exact) mass is 273 g/mol. The van der Waals surface area contributed by atoms with Gasteiger partial charge in [-0.05, 0) is 30.9 Å². The van der Waals surface area contributed by atoms with E-state index in [1.54, 1.807) is 0 Å². The molecule has 2 aromatic heterocycles. The number of aliphatic hydroxyl groups excluding tert-OH is 1. The Labute approximate surface area is 119 Å². The van der Waals surface area contributed by atoms with Gasteiger partial charge in [-0.2, -0.15) is 0 Å². The number of aromatic nitrogens is 2. The van der Waals surface area contributed by atoms with Crippen LogP contribution in [0, 0.1) is 11.3 Å². The van der Waals surface area contributed by atoms with Crippen LogP contribution in [0.3, 0.4) is 0 Å². The van der Waals surface area contributed by atoms with Crippen LogP contribution in [0.5, 0.6) is 0 Å². The van der Waals surface area contributed by atoms with E-state index in [2.05, 4.69) is 11.9 Å². The average Bonchev–Trinajstić information content (AvgIpc) is 2.91. The molecule has 0 aliphatic heterocycles. The van der Waals surface area contributed by atoms with E-state index in [-0.39, 0.29) is 5.41 Å². The number of nitrogens with two attached hydrogens (primary N) is 1. The first-order chi connectivity index (χ1) is 9.64. The molecule has 3 N–H and O–H groups in total. The number of hydrogen-bond acceptors (Lipinski definition) is 3. The Morgan fingerprint density at radius 1 is 1.45 bits per heavy atom. The molecule has 1 saturated carbocycles. The first kappa shape index (κ1) is 13.6. The van der Waals surface area contributed by atoms with Crippen LogP contribution >= 0.6 is 0 Å². The van der Waals surface area contributed by atoms with Crippen molar-refractivity contribution in [2.45, 2.75) is 38.7 Å². The highest BCUT2D eigenvalue weighted by Crippen LogP contribution is 2.46. The molecule has 108 valence electrons. The van der Waals surface area contributed by atoms with E-state index >= 15 is 0 Å². The summed E-state index contributed by atoms with van der Waals surface area (Å²) in [5, 5.41) is 10.8. The number of aliphatic hydroxyl groups is 1. The molecule has 0 aromatic carbocycles. The van der Waals surface area contributed by atoms with E-state index in [0.29, 0.717) is 6.54 Å². The molecule has 1 fully saturated rings. The summed E-state index contributed by atoms with van der Waals surface area (Å²) in [4.78, 5) is 4.56. The Hall–Kier alpha value is -1.39. The molecule has 2 heterocycles. The third kappa shape index (κ3) is 2.23. The van der Waals surface area contributed by atoms with E-state index in [1.165, 1.54) is 0 Å². The second-order valence-electron chi connectivity index (χ2n) is 6.28. The molecule has 20 heavy (non-hydrogen) atoms. The molecule has 4 heteroatoms. The highest BCUT2D eigenvalue weighted by atomic mass is 16.3. The second kappa shape index (κ2) is 5.19. The molecule has 0 spiro atoms. The molecule has 1 atom stereocenters. The van der Waals surface area contributed by atoms with E-state index < -0.39 is 6.10 Å². The van der Waals surface area contributed by atoms with Crippen LogP contribution in [0.1, 0.15) is 44.4 Å². The average molecular weight is 273 g/mol. The predicted molar refractivity (Wildman–Crippen MR) is 79.3 cm³/mol. The number of fused-ring (bicyclic) bond motifs is 1. The fourth-order valence-corrected chi connectivity index (χ4v) is 3.33. The van der Waals surface area contributed by atoms with E-state index in [9.17, 15) is 5.11 Å². The van der Waals surface area contributed by atoms with Crippen LogP contribution in [-0.2, 0) is 0 Å². The van der Waals surface area contributed by atoms with Crippen molar-refractivity contribution in [3.63, 3.8) is 0 Å². The highest BCUT2D eigenvalue weighted by Gasteiger charge is 2.41. The van der Waals surface area contributed by atoms with Crippen LogP contribution in [-0.4, -0.2) is 21.0 Å². The standard InChI is InChI=1S/C16H23N3O/c1-12-5-7-16(11-17,8-6-12)15(20)13-10-19-9-3-2-4-14(19)18-13/h2-4,9-10,12,15,20H,5-8,11,17H2,1H3. The molecular weight excluding hydrogens is 250 g/mol. The molecule has 2 aromatic rings. The molecule has 1 unspecified atom stereocenters.